The fourth-order valence-corrected chi connectivity index (χ4v) is 1.60. The Hall–Kier alpha value is -1.88. The normalized spacial score (nSPS) is 12.7. The molecule has 0 aliphatic heterocycles. The Bertz CT molecular complexity index is 475. The van der Waals surface area contributed by atoms with Gasteiger partial charge < -0.3 is 16.4 Å². The number of rotatable bonds is 4. The molecule has 1 aromatic carbocycles. The van der Waals surface area contributed by atoms with Crippen molar-refractivity contribution in [1.82, 2.24) is 5.32 Å². The largest absolute Gasteiger partial charge is 0.351 e. The van der Waals surface area contributed by atoms with Crippen molar-refractivity contribution in [2.45, 2.75) is 40.3 Å². The van der Waals surface area contributed by atoms with E-state index in [0.717, 1.165) is 11.3 Å². The molecule has 4 N–H and O–H groups in total. The van der Waals surface area contributed by atoms with E-state index in [0.29, 0.717) is 6.54 Å². The zero-order valence-corrected chi connectivity index (χ0v) is 12.5. The highest BCUT2D eigenvalue weighted by Gasteiger charge is 2.26. The minimum atomic E-state index is -0.541. The van der Waals surface area contributed by atoms with Crippen LogP contribution in [0.15, 0.2) is 24.3 Å². The Morgan fingerprint density at radius 1 is 1.20 bits per heavy atom. The highest BCUT2D eigenvalue weighted by molar-refractivity contribution is 5.88. The molecule has 0 radical (unpaired) electrons. The average Bonchev–Trinajstić information content (AvgIpc) is 2.35. The first-order chi connectivity index (χ1) is 9.20. The molecule has 0 aliphatic carbocycles. The Labute approximate surface area is 119 Å². The second kappa shape index (κ2) is 6.52. The zero-order chi connectivity index (χ0) is 15.3. The molecule has 20 heavy (non-hydrogen) atoms. The van der Waals surface area contributed by atoms with Gasteiger partial charge in [0.2, 0.25) is 11.8 Å². The molecular weight excluding hydrogens is 254 g/mol. The van der Waals surface area contributed by atoms with E-state index in [-0.39, 0.29) is 17.2 Å². The third-order valence-electron chi connectivity index (χ3n) is 2.96. The highest BCUT2D eigenvalue weighted by Crippen LogP contribution is 2.17. The summed E-state index contributed by atoms with van der Waals surface area (Å²) in [6, 6.07) is 6.77. The van der Waals surface area contributed by atoms with Gasteiger partial charge in [0, 0.05) is 19.2 Å². The van der Waals surface area contributed by atoms with Crippen molar-refractivity contribution in [2.75, 3.05) is 5.32 Å². The summed E-state index contributed by atoms with van der Waals surface area (Å²) in [5.41, 5.74) is 7.30. The number of benzene rings is 1. The number of carbonyl (C=O) groups is 2. The minimum absolute atomic E-state index is 0.109. The quantitative estimate of drug-likeness (QED) is 0.782. The van der Waals surface area contributed by atoms with Crippen molar-refractivity contribution in [3.8, 4) is 0 Å². The monoisotopic (exact) mass is 277 g/mol. The summed E-state index contributed by atoms with van der Waals surface area (Å²) in [6.45, 7) is 7.67. The van der Waals surface area contributed by atoms with E-state index in [1.807, 2.05) is 32.9 Å². The fraction of sp³-hybridized carbons (Fsp3) is 0.467. The molecule has 0 unspecified atom stereocenters. The number of anilines is 1. The number of hydrogen-bond donors (Lipinski definition) is 3. The van der Waals surface area contributed by atoms with Gasteiger partial charge in [-0.3, -0.25) is 9.59 Å². The van der Waals surface area contributed by atoms with Crippen LogP contribution >= 0.6 is 0 Å². The van der Waals surface area contributed by atoms with E-state index in [4.69, 9.17) is 5.73 Å². The van der Waals surface area contributed by atoms with Crippen LogP contribution in [0.4, 0.5) is 5.69 Å². The lowest BCUT2D eigenvalue weighted by Crippen LogP contribution is -2.48. The second-order valence-corrected chi connectivity index (χ2v) is 5.94. The second-order valence-electron chi connectivity index (χ2n) is 5.94. The summed E-state index contributed by atoms with van der Waals surface area (Å²) in [4.78, 5) is 22.8. The van der Waals surface area contributed by atoms with Crippen molar-refractivity contribution < 1.29 is 9.59 Å². The first-order valence-electron chi connectivity index (χ1n) is 6.60. The van der Waals surface area contributed by atoms with Crippen LogP contribution in [-0.2, 0) is 16.1 Å². The molecule has 1 atom stereocenters. The van der Waals surface area contributed by atoms with Crippen molar-refractivity contribution >= 4 is 17.5 Å². The summed E-state index contributed by atoms with van der Waals surface area (Å²) >= 11 is 0. The molecule has 0 saturated heterocycles. The average molecular weight is 277 g/mol. The summed E-state index contributed by atoms with van der Waals surface area (Å²) in [5.74, 6) is -0.273. The van der Waals surface area contributed by atoms with Crippen LogP contribution in [0.1, 0.15) is 33.3 Å². The zero-order valence-electron chi connectivity index (χ0n) is 12.5. The predicted octanol–water partition coefficient (Wildman–Crippen LogP) is 1.63. The van der Waals surface area contributed by atoms with E-state index in [2.05, 4.69) is 10.6 Å². The standard InChI is InChI=1S/C15H23N3O2/c1-10(19)18-12-7-5-11(6-8-12)9-17-14(20)13(16)15(2,3)4/h5-8,13H,9,16H2,1-4H3,(H,17,20)(H,18,19)/t13-/m0/s1. The lowest BCUT2D eigenvalue weighted by molar-refractivity contribution is -0.124. The van der Waals surface area contributed by atoms with Crippen molar-refractivity contribution in [3.05, 3.63) is 29.8 Å². The molecule has 0 fully saturated rings. The molecule has 0 bridgehead atoms. The number of hydrogen-bond acceptors (Lipinski definition) is 3. The first kappa shape index (κ1) is 16.2. The maximum atomic E-state index is 11.9. The molecule has 5 nitrogen and oxygen atoms in total. The Balaban J connectivity index is 2.54. The van der Waals surface area contributed by atoms with Crippen molar-refractivity contribution in [1.29, 1.82) is 0 Å². The molecule has 0 heterocycles. The molecule has 2 amide bonds. The van der Waals surface area contributed by atoms with Crippen LogP contribution in [-0.4, -0.2) is 17.9 Å². The van der Waals surface area contributed by atoms with Crippen LogP contribution in [0.3, 0.4) is 0 Å². The Kier molecular flexibility index (Phi) is 5.27. The molecule has 0 aromatic heterocycles. The molecular formula is C15H23N3O2. The molecule has 0 aliphatic rings. The van der Waals surface area contributed by atoms with E-state index in [1.54, 1.807) is 12.1 Å². The van der Waals surface area contributed by atoms with Gasteiger partial charge in [0.05, 0.1) is 6.04 Å². The van der Waals surface area contributed by atoms with Gasteiger partial charge in [0.15, 0.2) is 0 Å². The van der Waals surface area contributed by atoms with E-state index in [9.17, 15) is 9.59 Å². The first-order valence-corrected chi connectivity index (χ1v) is 6.60. The van der Waals surface area contributed by atoms with Gasteiger partial charge in [-0.15, -0.1) is 0 Å². The summed E-state index contributed by atoms with van der Waals surface area (Å²) in [5, 5.41) is 5.50. The maximum absolute atomic E-state index is 11.9. The molecule has 5 heteroatoms. The van der Waals surface area contributed by atoms with Gasteiger partial charge in [-0.1, -0.05) is 32.9 Å². The van der Waals surface area contributed by atoms with Crippen molar-refractivity contribution in [3.63, 3.8) is 0 Å². The molecule has 1 rings (SSSR count). The van der Waals surface area contributed by atoms with Crippen LogP contribution in [0.25, 0.3) is 0 Å². The van der Waals surface area contributed by atoms with Gasteiger partial charge >= 0.3 is 0 Å². The topological polar surface area (TPSA) is 84.2 Å². The minimum Gasteiger partial charge on any atom is -0.351 e. The van der Waals surface area contributed by atoms with E-state index < -0.39 is 6.04 Å². The third-order valence-corrected chi connectivity index (χ3v) is 2.96. The van der Waals surface area contributed by atoms with Gasteiger partial charge in [0.25, 0.3) is 0 Å². The Morgan fingerprint density at radius 2 is 1.75 bits per heavy atom. The number of carbonyl (C=O) groups excluding carboxylic acids is 2. The van der Waals surface area contributed by atoms with Crippen LogP contribution in [0, 0.1) is 5.41 Å². The van der Waals surface area contributed by atoms with Gasteiger partial charge in [-0.2, -0.15) is 0 Å². The fourth-order valence-electron chi connectivity index (χ4n) is 1.60. The van der Waals surface area contributed by atoms with Gasteiger partial charge in [-0.25, -0.2) is 0 Å². The van der Waals surface area contributed by atoms with E-state index >= 15 is 0 Å². The summed E-state index contributed by atoms with van der Waals surface area (Å²) < 4.78 is 0. The maximum Gasteiger partial charge on any atom is 0.237 e. The molecule has 1 aromatic rings. The smallest absolute Gasteiger partial charge is 0.237 e. The van der Waals surface area contributed by atoms with Crippen LogP contribution < -0.4 is 16.4 Å². The molecule has 110 valence electrons. The Morgan fingerprint density at radius 3 is 2.20 bits per heavy atom. The SMILES string of the molecule is CC(=O)Nc1ccc(CNC(=O)[C@H](N)C(C)(C)C)cc1. The molecule has 0 saturated carbocycles. The third kappa shape index (κ3) is 5.01. The number of nitrogens with two attached hydrogens (primary N) is 1. The highest BCUT2D eigenvalue weighted by atomic mass is 16.2. The number of nitrogens with one attached hydrogen (secondary N) is 2. The lowest BCUT2D eigenvalue weighted by Gasteiger charge is -2.25. The van der Waals surface area contributed by atoms with Gasteiger partial charge in [0.1, 0.15) is 0 Å². The summed E-state index contributed by atoms with van der Waals surface area (Å²) in [7, 11) is 0. The predicted molar refractivity (Wildman–Crippen MR) is 80.0 cm³/mol. The van der Waals surface area contributed by atoms with Crippen LogP contribution in [0.5, 0.6) is 0 Å². The van der Waals surface area contributed by atoms with Crippen molar-refractivity contribution in [2.24, 2.45) is 11.1 Å². The summed E-state index contributed by atoms with van der Waals surface area (Å²) in [6.07, 6.45) is 0. The molecule has 0 spiro atoms. The van der Waals surface area contributed by atoms with E-state index in [1.165, 1.54) is 6.92 Å². The van der Waals surface area contributed by atoms with Crippen LogP contribution in [0.2, 0.25) is 0 Å². The number of amides is 2. The lowest BCUT2D eigenvalue weighted by atomic mass is 9.87. The van der Waals surface area contributed by atoms with Gasteiger partial charge in [-0.05, 0) is 23.1 Å².